The molecule has 2 aromatic carbocycles. The van der Waals surface area contributed by atoms with E-state index in [9.17, 15) is 4.79 Å². The standard InChI is InChI=1S/C15H16O2/c1-9-4-5-10(2)14-8-12(6-7-13(9)14)11(3)15(16)17/h4-8,11H,1-3H3,(H,16,17)/t11-/m1/s1. The molecule has 0 bridgehead atoms. The summed E-state index contributed by atoms with van der Waals surface area (Å²) in [5.41, 5.74) is 3.27. The molecule has 0 fully saturated rings. The van der Waals surface area contributed by atoms with Crippen molar-refractivity contribution in [2.24, 2.45) is 0 Å². The summed E-state index contributed by atoms with van der Waals surface area (Å²) >= 11 is 0. The molecule has 1 N–H and O–H groups in total. The van der Waals surface area contributed by atoms with Crippen LogP contribution in [0.1, 0.15) is 29.5 Å². The maximum absolute atomic E-state index is 11.0. The van der Waals surface area contributed by atoms with Crippen LogP contribution in [0.15, 0.2) is 30.3 Å². The number of aliphatic carboxylic acids is 1. The summed E-state index contributed by atoms with van der Waals surface area (Å²) in [5, 5.41) is 11.4. The number of carboxylic acids is 1. The summed E-state index contributed by atoms with van der Waals surface area (Å²) in [5.74, 6) is -1.24. The molecule has 0 amide bonds. The van der Waals surface area contributed by atoms with Crippen molar-refractivity contribution in [3.05, 3.63) is 47.0 Å². The molecule has 0 radical (unpaired) electrons. The highest BCUT2D eigenvalue weighted by atomic mass is 16.4. The molecule has 2 rings (SSSR count). The zero-order valence-electron chi connectivity index (χ0n) is 10.3. The Morgan fingerprint density at radius 1 is 1.06 bits per heavy atom. The van der Waals surface area contributed by atoms with E-state index in [4.69, 9.17) is 5.11 Å². The molecule has 0 saturated heterocycles. The van der Waals surface area contributed by atoms with Gasteiger partial charge in [0.05, 0.1) is 5.92 Å². The van der Waals surface area contributed by atoms with E-state index in [2.05, 4.69) is 26.0 Å². The third-order valence-electron chi connectivity index (χ3n) is 3.35. The molecule has 17 heavy (non-hydrogen) atoms. The maximum atomic E-state index is 11.0. The monoisotopic (exact) mass is 228 g/mol. The Hall–Kier alpha value is -1.83. The second-order valence-electron chi connectivity index (χ2n) is 4.56. The largest absolute Gasteiger partial charge is 0.481 e. The lowest BCUT2D eigenvalue weighted by atomic mass is 9.94. The molecule has 2 heteroatoms. The summed E-state index contributed by atoms with van der Waals surface area (Å²) in [4.78, 5) is 11.0. The fraction of sp³-hybridized carbons (Fsp3) is 0.267. The van der Waals surface area contributed by atoms with Gasteiger partial charge in [0.25, 0.3) is 0 Å². The van der Waals surface area contributed by atoms with Gasteiger partial charge in [-0.15, -0.1) is 0 Å². The molecule has 0 heterocycles. The van der Waals surface area contributed by atoms with E-state index in [0.717, 1.165) is 10.9 Å². The Morgan fingerprint density at radius 2 is 1.65 bits per heavy atom. The van der Waals surface area contributed by atoms with Gasteiger partial charge in [-0.3, -0.25) is 4.79 Å². The lowest BCUT2D eigenvalue weighted by molar-refractivity contribution is -0.138. The predicted octanol–water partition coefficient (Wildman–Crippen LogP) is 3.64. The summed E-state index contributed by atoms with van der Waals surface area (Å²) in [7, 11) is 0. The van der Waals surface area contributed by atoms with Crippen LogP contribution in [0.5, 0.6) is 0 Å². The number of benzene rings is 2. The predicted molar refractivity (Wildman–Crippen MR) is 69.5 cm³/mol. The van der Waals surface area contributed by atoms with Crippen molar-refractivity contribution in [2.75, 3.05) is 0 Å². The van der Waals surface area contributed by atoms with Crippen molar-refractivity contribution >= 4 is 16.7 Å². The van der Waals surface area contributed by atoms with Crippen molar-refractivity contribution < 1.29 is 9.90 Å². The zero-order chi connectivity index (χ0) is 12.6. The minimum atomic E-state index is -0.783. The summed E-state index contributed by atoms with van der Waals surface area (Å²) < 4.78 is 0. The molecule has 2 aromatic rings. The van der Waals surface area contributed by atoms with E-state index >= 15 is 0 Å². The van der Waals surface area contributed by atoms with Crippen LogP contribution in [0, 0.1) is 13.8 Å². The second kappa shape index (κ2) is 4.21. The topological polar surface area (TPSA) is 37.3 Å². The molecule has 2 nitrogen and oxygen atoms in total. The van der Waals surface area contributed by atoms with Gasteiger partial charge in [-0.1, -0.05) is 30.3 Å². The van der Waals surface area contributed by atoms with Crippen LogP contribution in [-0.4, -0.2) is 11.1 Å². The van der Waals surface area contributed by atoms with Gasteiger partial charge in [-0.25, -0.2) is 0 Å². The van der Waals surface area contributed by atoms with Crippen molar-refractivity contribution in [1.82, 2.24) is 0 Å². The first-order valence-corrected chi connectivity index (χ1v) is 5.73. The van der Waals surface area contributed by atoms with Crippen molar-refractivity contribution in [3.8, 4) is 0 Å². The van der Waals surface area contributed by atoms with Crippen molar-refractivity contribution in [1.29, 1.82) is 0 Å². The molecular formula is C15H16O2. The van der Waals surface area contributed by atoms with Gasteiger partial charge in [0.1, 0.15) is 0 Å². The lowest BCUT2D eigenvalue weighted by Crippen LogP contribution is -2.07. The molecule has 1 atom stereocenters. The van der Waals surface area contributed by atoms with Crippen molar-refractivity contribution in [2.45, 2.75) is 26.7 Å². The quantitative estimate of drug-likeness (QED) is 0.852. The lowest BCUT2D eigenvalue weighted by Gasteiger charge is -2.11. The third-order valence-corrected chi connectivity index (χ3v) is 3.35. The second-order valence-corrected chi connectivity index (χ2v) is 4.56. The number of aryl methyl sites for hydroxylation is 2. The first-order valence-electron chi connectivity index (χ1n) is 5.73. The Kier molecular flexibility index (Phi) is 2.88. The smallest absolute Gasteiger partial charge is 0.310 e. The number of hydrogen-bond donors (Lipinski definition) is 1. The van der Waals surface area contributed by atoms with Gasteiger partial charge in [0.2, 0.25) is 0 Å². The summed E-state index contributed by atoms with van der Waals surface area (Å²) in [6.07, 6.45) is 0. The van der Waals surface area contributed by atoms with Crippen LogP contribution in [0.25, 0.3) is 10.8 Å². The number of rotatable bonds is 2. The average molecular weight is 228 g/mol. The van der Waals surface area contributed by atoms with Crippen LogP contribution in [0.4, 0.5) is 0 Å². The van der Waals surface area contributed by atoms with E-state index < -0.39 is 11.9 Å². The van der Waals surface area contributed by atoms with Gasteiger partial charge >= 0.3 is 5.97 Å². The molecule has 0 unspecified atom stereocenters. The fourth-order valence-corrected chi connectivity index (χ4v) is 2.07. The Morgan fingerprint density at radius 3 is 2.24 bits per heavy atom. The number of hydrogen-bond acceptors (Lipinski definition) is 1. The minimum absolute atomic E-state index is 0.459. The molecule has 0 aromatic heterocycles. The zero-order valence-corrected chi connectivity index (χ0v) is 10.3. The van der Waals surface area contributed by atoms with Crippen LogP contribution < -0.4 is 0 Å². The molecule has 0 saturated carbocycles. The van der Waals surface area contributed by atoms with Crippen LogP contribution in [0.2, 0.25) is 0 Å². The molecule has 88 valence electrons. The van der Waals surface area contributed by atoms with E-state index in [1.54, 1.807) is 6.92 Å². The first-order chi connectivity index (χ1) is 8.00. The van der Waals surface area contributed by atoms with E-state index in [0.29, 0.717) is 0 Å². The third kappa shape index (κ3) is 2.03. The maximum Gasteiger partial charge on any atom is 0.310 e. The van der Waals surface area contributed by atoms with E-state index in [1.807, 2.05) is 18.2 Å². The van der Waals surface area contributed by atoms with Gasteiger partial charge < -0.3 is 5.11 Å². The van der Waals surface area contributed by atoms with Gasteiger partial charge in [-0.2, -0.15) is 0 Å². The minimum Gasteiger partial charge on any atom is -0.481 e. The summed E-state index contributed by atoms with van der Waals surface area (Å²) in [6, 6.07) is 10.1. The van der Waals surface area contributed by atoms with E-state index in [-0.39, 0.29) is 0 Å². The molecule has 0 aliphatic rings. The Labute approximate surface area is 101 Å². The molecule has 0 aliphatic carbocycles. The number of carbonyl (C=O) groups is 1. The highest BCUT2D eigenvalue weighted by molar-refractivity contribution is 5.90. The van der Waals surface area contributed by atoms with Gasteiger partial charge in [0, 0.05) is 0 Å². The highest BCUT2D eigenvalue weighted by Gasteiger charge is 2.14. The van der Waals surface area contributed by atoms with Gasteiger partial charge in [0.15, 0.2) is 0 Å². The SMILES string of the molecule is Cc1ccc(C)c2cc([C@@H](C)C(=O)O)ccc12. The fourth-order valence-electron chi connectivity index (χ4n) is 2.07. The highest BCUT2D eigenvalue weighted by Crippen LogP contribution is 2.26. The van der Waals surface area contributed by atoms with Crippen LogP contribution in [0.3, 0.4) is 0 Å². The Bertz CT molecular complexity index is 585. The molecular weight excluding hydrogens is 212 g/mol. The first kappa shape index (κ1) is 11.6. The normalized spacial score (nSPS) is 12.6. The number of fused-ring (bicyclic) bond motifs is 1. The number of carboxylic acid groups (broad SMARTS) is 1. The molecule has 0 spiro atoms. The van der Waals surface area contributed by atoms with E-state index in [1.165, 1.54) is 16.5 Å². The van der Waals surface area contributed by atoms with Crippen LogP contribution in [-0.2, 0) is 4.79 Å². The van der Waals surface area contributed by atoms with Crippen molar-refractivity contribution in [3.63, 3.8) is 0 Å². The average Bonchev–Trinajstić information content (AvgIpc) is 2.32. The Balaban J connectivity index is 2.65. The van der Waals surface area contributed by atoms with Crippen LogP contribution >= 0.6 is 0 Å². The summed E-state index contributed by atoms with van der Waals surface area (Å²) in [6.45, 7) is 5.84. The van der Waals surface area contributed by atoms with Gasteiger partial charge in [-0.05, 0) is 48.2 Å². The molecule has 0 aliphatic heterocycles.